The molecule has 0 saturated carbocycles. The van der Waals surface area contributed by atoms with Crippen LogP contribution in [0.15, 0.2) is 0 Å². The van der Waals surface area contributed by atoms with Crippen LogP contribution in [0, 0.1) is 0 Å². The summed E-state index contributed by atoms with van der Waals surface area (Å²) in [4.78, 5) is 32.1. The van der Waals surface area contributed by atoms with Gasteiger partial charge in [0.25, 0.3) is 0 Å². The predicted molar refractivity (Wildman–Crippen MR) is 51.5 cm³/mol. The molecule has 1 unspecified atom stereocenters. The molecular weight excluding hydrogens is 220 g/mol. The van der Waals surface area contributed by atoms with Crippen LogP contribution >= 0.6 is 0 Å². The Kier molecular flexibility index (Phi) is 6.04. The molecule has 0 heterocycles. The lowest BCUT2D eigenvalue weighted by molar-refractivity contribution is -0.143. The first-order valence-corrected chi connectivity index (χ1v) is 4.50. The van der Waals surface area contributed by atoms with Crippen LogP contribution in [0.1, 0.15) is 12.8 Å². The highest BCUT2D eigenvalue weighted by molar-refractivity contribution is 5.89. The molecule has 2 atom stereocenters. The SMILES string of the molecule is NC(CC(=O)O)C(=O)N[C@H](CCO)C(=O)O. The van der Waals surface area contributed by atoms with Gasteiger partial charge in [0.2, 0.25) is 5.91 Å². The number of aliphatic hydroxyl groups excluding tert-OH is 1. The van der Waals surface area contributed by atoms with Crippen molar-refractivity contribution in [2.24, 2.45) is 5.73 Å². The van der Waals surface area contributed by atoms with Crippen molar-refractivity contribution in [2.75, 3.05) is 6.61 Å². The number of carboxylic acid groups (broad SMARTS) is 2. The quantitative estimate of drug-likeness (QED) is 0.333. The highest BCUT2D eigenvalue weighted by atomic mass is 16.4. The van der Waals surface area contributed by atoms with E-state index in [4.69, 9.17) is 21.1 Å². The first-order valence-electron chi connectivity index (χ1n) is 4.50. The van der Waals surface area contributed by atoms with Crippen LogP contribution in [0.4, 0.5) is 0 Å². The molecule has 0 aliphatic carbocycles. The average molecular weight is 234 g/mol. The molecule has 92 valence electrons. The molecule has 0 aromatic carbocycles. The fourth-order valence-electron chi connectivity index (χ4n) is 0.946. The molecule has 0 aliphatic rings. The molecule has 0 aromatic rings. The largest absolute Gasteiger partial charge is 0.481 e. The summed E-state index contributed by atoms with van der Waals surface area (Å²) in [5.74, 6) is -3.44. The zero-order valence-electron chi connectivity index (χ0n) is 8.42. The zero-order valence-corrected chi connectivity index (χ0v) is 8.42. The minimum Gasteiger partial charge on any atom is -0.481 e. The summed E-state index contributed by atoms with van der Waals surface area (Å²) >= 11 is 0. The van der Waals surface area contributed by atoms with Crippen molar-refractivity contribution >= 4 is 17.8 Å². The van der Waals surface area contributed by atoms with Crippen LogP contribution in [0.25, 0.3) is 0 Å². The summed E-state index contributed by atoms with van der Waals surface area (Å²) in [6.07, 6.45) is -0.752. The van der Waals surface area contributed by atoms with E-state index in [0.29, 0.717) is 0 Å². The fourth-order valence-corrected chi connectivity index (χ4v) is 0.946. The molecule has 0 radical (unpaired) electrons. The van der Waals surface area contributed by atoms with Gasteiger partial charge in [0.1, 0.15) is 6.04 Å². The second kappa shape index (κ2) is 6.75. The molecule has 0 fully saturated rings. The Hall–Kier alpha value is -1.67. The van der Waals surface area contributed by atoms with Crippen molar-refractivity contribution in [1.82, 2.24) is 5.32 Å². The molecule has 8 heteroatoms. The van der Waals surface area contributed by atoms with Gasteiger partial charge in [-0.1, -0.05) is 0 Å². The summed E-state index contributed by atoms with van der Waals surface area (Å²) in [7, 11) is 0. The number of carbonyl (C=O) groups excluding carboxylic acids is 1. The van der Waals surface area contributed by atoms with Gasteiger partial charge in [0.15, 0.2) is 0 Å². The van der Waals surface area contributed by atoms with E-state index in [1.807, 2.05) is 5.32 Å². The van der Waals surface area contributed by atoms with Gasteiger partial charge in [-0.2, -0.15) is 0 Å². The number of hydrogen-bond donors (Lipinski definition) is 5. The second-order valence-corrected chi connectivity index (χ2v) is 3.12. The van der Waals surface area contributed by atoms with Gasteiger partial charge in [-0.05, 0) is 0 Å². The van der Waals surface area contributed by atoms with E-state index in [1.54, 1.807) is 0 Å². The standard InChI is InChI=1S/C8H14N2O6/c9-4(3-6(12)13)7(14)10-5(1-2-11)8(15)16/h4-5,11H,1-3,9H2,(H,10,14)(H,12,13)(H,15,16)/t4?,5-/m1/s1. The maximum Gasteiger partial charge on any atom is 0.326 e. The predicted octanol–water partition coefficient (Wildman–Crippen LogP) is -2.26. The highest BCUT2D eigenvalue weighted by Gasteiger charge is 2.23. The Balaban J connectivity index is 4.28. The van der Waals surface area contributed by atoms with Gasteiger partial charge in [-0.25, -0.2) is 4.79 Å². The number of aliphatic hydroxyl groups is 1. The van der Waals surface area contributed by atoms with Crippen LogP contribution in [0.3, 0.4) is 0 Å². The molecule has 16 heavy (non-hydrogen) atoms. The van der Waals surface area contributed by atoms with Crippen molar-refractivity contribution in [3.63, 3.8) is 0 Å². The lowest BCUT2D eigenvalue weighted by atomic mass is 10.1. The number of nitrogens with one attached hydrogen (secondary N) is 1. The number of rotatable bonds is 7. The van der Waals surface area contributed by atoms with Crippen LogP contribution in [0.2, 0.25) is 0 Å². The van der Waals surface area contributed by atoms with Crippen LogP contribution in [-0.4, -0.2) is 51.9 Å². The Morgan fingerprint density at radius 2 is 1.81 bits per heavy atom. The van der Waals surface area contributed by atoms with Gasteiger partial charge >= 0.3 is 11.9 Å². The van der Waals surface area contributed by atoms with Gasteiger partial charge in [-0.3, -0.25) is 9.59 Å². The Morgan fingerprint density at radius 1 is 1.25 bits per heavy atom. The van der Waals surface area contributed by atoms with E-state index < -0.39 is 43.0 Å². The van der Waals surface area contributed by atoms with Crippen molar-refractivity contribution in [1.29, 1.82) is 0 Å². The Morgan fingerprint density at radius 3 is 2.19 bits per heavy atom. The molecule has 6 N–H and O–H groups in total. The number of hydrogen-bond acceptors (Lipinski definition) is 5. The van der Waals surface area contributed by atoms with E-state index in [1.165, 1.54) is 0 Å². The van der Waals surface area contributed by atoms with Crippen molar-refractivity contribution in [2.45, 2.75) is 24.9 Å². The summed E-state index contributed by atoms with van der Waals surface area (Å²) < 4.78 is 0. The summed E-state index contributed by atoms with van der Waals surface area (Å²) in [5, 5.41) is 27.6. The number of carbonyl (C=O) groups is 3. The van der Waals surface area contributed by atoms with Gasteiger partial charge < -0.3 is 26.4 Å². The maximum atomic E-state index is 11.2. The van der Waals surface area contributed by atoms with Crippen molar-refractivity contribution < 1.29 is 29.7 Å². The minimum absolute atomic E-state index is 0.166. The summed E-state index contributed by atoms with van der Waals surface area (Å²) in [6.45, 7) is -0.411. The first-order chi connectivity index (χ1) is 7.38. The van der Waals surface area contributed by atoms with E-state index >= 15 is 0 Å². The van der Waals surface area contributed by atoms with E-state index in [2.05, 4.69) is 0 Å². The monoisotopic (exact) mass is 234 g/mol. The fraction of sp³-hybridized carbons (Fsp3) is 0.625. The number of carboxylic acids is 2. The molecule has 0 rings (SSSR count). The smallest absolute Gasteiger partial charge is 0.326 e. The third-order valence-electron chi connectivity index (χ3n) is 1.76. The second-order valence-electron chi connectivity index (χ2n) is 3.12. The number of aliphatic carboxylic acids is 2. The zero-order chi connectivity index (χ0) is 12.7. The van der Waals surface area contributed by atoms with E-state index in [9.17, 15) is 14.4 Å². The Labute approximate surface area is 91.1 Å². The summed E-state index contributed by atoms with van der Waals surface area (Å²) in [5.41, 5.74) is 5.21. The van der Waals surface area contributed by atoms with Gasteiger partial charge in [0, 0.05) is 13.0 Å². The minimum atomic E-state index is -1.31. The van der Waals surface area contributed by atoms with Crippen LogP contribution < -0.4 is 11.1 Å². The highest BCUT2D eigenvalue weighted by Crippen LogP contribution is 1.95. The molecule has 8 nitrogen and oxygen atoms in total. The lowest BCUT2D eigenvalue weighted by Crippen LogP contribution is -2.49. The normalized spacial score (nSPS) is 13.9. The lowest BCUT2D eigenvalue weighted by Gasteiger charge is -2.15. The van der Waals surface area contributed by atoms with Crippen molar-refractivity contribution in [3.05, 3.63) is 0 Å². The average Bonchev–Trinajstić information content (AvgIpc) is 2.15. The molecule has 0 saturated heterocycles. The molecule has 0 aliphatic heterocycles. The first kappa shape index (κ1) is 14.3. The maximum absolute atomic E-state index is 11.2. The molecular formula is C8H14N2O6. The van der Waals surface area contributed by atoms with E-state index in [0.717, 1.165) is 0 Å². The topological polar surface area (TPSA) is 150 Å². The summed E-state index contributed by atoms with van der Waals surface area (Å²) in [6, 6.07) is -2.57. The molecule has 1 amide bonds. The van der Waals surface area contributed by atoms with Crippen LogP contribution in [-0.2, 0) is 14.4 Å². The third kappa shape index (κ3) is 5.27. The number of nitrogens with two attached hydrogens (primary N) is 1. The Bertz CT molecular complexity index is 280. The van der Waals surface area contributed by atoms with Crippen molar-refractivity contribution in [3.8, 4) is 0 Å². The van der Waals surface area contributed by atoms with E-state index in [-0.39, 0.29) is 6.42 Å². The van der Waals surface area contributed by atoms with Gasteiger partial charge in [-0.15, -0.1) is 0 Å². The van der Waals surface area contributed by atoms with Crippen LogP contribution in [0.5, 0.6) is 0 Å². The van der Waals surface area contributed by atoms with Gasteiger partial charge in [0.05, 0.1) is 12.5 Å². The molecule has 0 spiro atoms. The third-order valence-corrected chi connectivity index (χ3v) is 1.76. The molecule has 0 aromatic heterocycles. The number of amides is 1. The molecule has 0 bridgehead atoms.